The summed E-state index contributed by atoms with van der Waals surface area (Å²) in [4.78, 5) is 24.6. The largest absolute Gasteiger partial charge is 0.369 e. The molecule has 3 aromatic rings. The first-order chi connectivity index (χ1) is 9.22. The molecule has 0 saturated carbocycles. The fourth-order valence-electron chi connectivity index (χ4n) is 1.56. The van der Waals surface area contributed by atoms with Gasteiger partial charge in [-0.15, -0.1) is 10.2 Å². The Labute approximate surface area is 106 Å². The lowest BCUT2D eigenvalue weighted by Gasteiger charge is -1.89. The van der Waals surface area contributed by atoms with Crippen molar-refractivity contribution in [3.63, 3.8) is 0 Å². The number of hydrogen-bond donors (Lipinski definition) is 3. The van der Waals surface area contributed by atoms with E-state index in [2.05, 4.69) is 30.2 Å². The topological polar surface area (TPSA) is 125 Å². The Morgan fingerprint density at radius 3 is 2.63 bits per heavy atom. The summed E-state index contributed by atoms with van der Waals surface area (Å²) < 4.78 is 0. The zero-order valence-corrected chi connectivity index (χ0v) is 9.66. The maximum atomic E-state index is 11.6. The third-order valence-corrected chi connectivity index (χ3v) is 2.38. The van der Waals surface area contributed by atoms with Crippen molar-refractivity contribution in [1.82, 2.24) is 19.9 Å². The monoisotopic (exact) mass is 255 g/mol. The predicted octanol–water partition coefficient (Wildman–Crippen LogP) is 1.64. The molecule has 8 heteroatoms. The van der Waals surface area contributed by atoms with E-state index in [1.165, 1.54) is 0 Å². The highest BCUT2D eigenvalue weighted by Gasteiger charge is 2.07. The van der Waals surface area contributed by atoms with Crippen molar-refractivity contribution in [1.29, 1.82) is 0 Å². The highest BCUT2D eigenvalue weighted by molar-refractivity contribution is 5.72. The highest BCUT2D eigenvalue weighted by Crippen LogP contribution is 2.16. The number of azo groups is 1. The maximum Gasteiger partial charge on any atom is 0.280 e. The number of nitrogens with zero attached hydrogens (tertiary/aromatic N) is 4. The predicted molar refractivity (Wildman–Crippen MR) is 69.5 cm³/mol. The van der Waals surface area contributed by atoms with Crippen LogP contribution in [-0.2, 0) is 0 Å². The van der Waals surface area contributed by atoms with E-state index in [1.807, 2.05) is 18.2 Å². The minimum Gasteiger partial charge on any atom is -0.369 e. The number of nitrogen functional groups attached to an aromatic ring is 1. The van der Waals surface area contributed by atoms with Crippen LogP contribution in [0.15, 0.2) is 45.4 Å². The molecule has 0 aliphatic rings. The zero-order valence-electron chi connectivity index (χ0n) is 9.66. The van der Waals surface area contributed by atoms with Crippen LogP contribution < -0.4 is 11.3 Å². The summed E-state index contributed by atoms with van der Waals surface area (Å²) in [5.41, 5.74) is 6.13. The molecule has 0 amide bonds. The molecule has 0 atom stereocenters. The van der Waals surface area contributed by atoms with Gasteiger partial charge in [-0.25, -0.2) is 4.98 Å². The van der Waals surface area contributed by atoms with Gasteiger partial charge >= 0.3 is 0 Å². The number of fused-ring (bicyclic) bond motifs is 1. The van der Waals surface area contributed by atoms with E-state index >= 15 is 0 Å². The molecule has 0 saturated heterocycles. The second-order valence-corrected chi connectivity index (χ2v) is 3.74. The zero-order chi connectivity index (χ0) is 13.2. The van der Waals surface area contributed by atoms with Crippen molar-refractivity contribution in [3.05, 3.63) is 40.7 Å². The molecular weight excluding hydrogens is 246 g/mol. The van der Waals surface area contributed by atoms with Crippen LogP contribution in [0.3, 0.4) is 0 Å². The molecule has 0 spiro atoms. The number of benzene rings is 1. The van der Waals surface area contributed by atoms with Gasteiger partial charge in [0.1, 0.15) is 0 Å². The third kappa shape index (κ3) is 2.18. The van der Waals surface area contributed by atoms with Crippen molar-refractivity contribution < 1.29 is 0 Å². The van der Waals surface area contributed by atoms with Gasteiger partial charge in [0.2, 0.25) is 11.9 Å². The van der Waals surface area contributed by atoms with Crippen LogP contribution in [0.4, 0.5) is 17.6 Å². The number of aromatic nitrogens is 4. The summed E-state index contributed by atoms with van der Waals surface area (Å²) in [6.07, 6.45) is 0. The van der Waals surface area contributed by atoms with Crippen molar-refractivity contribution >= 4 is 28.7 Å². The number of imidazole rings is 1. The number of aromatic amines is 2. The second-order valence-electron chi connectivity index (χ2n) is 3.74. The lowest BCUT2D eigenvalue weighted by molar-refractivity contribution is 1.13. The maximum absolute atomic E-state index is 11.6. The molecule has 94 valence electrons. The molecule has 0 aliphatic heterocycles. The van der Waals surface area contributed by atoms with Crippen LogP contribution in [0.1, 0.15) is 0 Å². The van der Waals surface area contributed by atoms with E-state index in [0.29, 0.717) is 5.69 Å². The quantitative estimate of drug-likeness (QED) is 0.602. The number of rotatable bonds is 2. The Hall–Kier alpha value is -3.03. The molecule has 1 aromatic carbocycles. The summed E-state index contributed by atoms with van der Waals surface area (Å²) in [5.74, 6) is 0.218. The summed E-state index contributed by atoms with van der Waals surface area (Å²) in [6, 6.07) is 9.18. The van der Waals surface area contributed by atoms with Crippen LogP contribution in [0.2, 0.25) is 0 Å². The fourth-order valence-corrected chi connectivity index (χ4v) is 1.56. The number of nitrogens with one attached hydrogen (secondary N) is 2. The van der Waals surface area contributed by atoms with E-state index < -0.39 is 5.56 Å². The Kier molecular flexibility index (Phi) is 2.53. The van der Waals surface area contributed by atoms with E-state index in [-0.39, 0.29) is 23.1 Å². The van der Waals surface area contributed by atoms with Crippen molar-refractivity contribution in [2.45, 2.75) is 0 Å². The van der Waals surface area contributed by atoms with Crippen molar-refractivity contribution in [2.75, 3.05) is 5.73 Å². The number of nitrogens with two attached hydrogens (primary N) is 1. The molecule has 2 aromatic heterocycles. The molecular formula is C11H9N7O. The van der Waals surface area contributed by atoms with Crippen molar-refractivity contribution in [2.24, 2.45) is 10.2 Å². The fraction of sp³-hybridized carbons (Fsp3) is 0. The van der Waals surface area contributed by atoms with Crippen LogP contribution in [0.5, 0.6) is 0 Å². The minimum atomic E-state index is -0.417. The SMILES string of the molecule is Nc1nc2[nH]c(/N=N/c3ccccc3)nc2c(=O)[nH]1. The summed E-state index contributed by atoms with van der Waals surface area (Å²) >= 11 is 0. The normalized spacial score (nSPS) is 11.4. The molecule has 2 heterocycles. The first-order valence-corrected chi connectivity index (χ1v) is 5.45. The van der Waals surface area contributed by atoms with Crippen LogP contribution >= 0.6 is 0 Å². The average molecular weight is 255 g/mol. The van der Waals surface area contributed by atoms with Gasteiger partial charge in [0.15, 0.2) is 11.2 Å². The molecule has 0 unspecified atom stereocenters. The van der Waals surface area contributed by atoms with E-state index in [9.17, 15) is 4.79 Å². The first-order valence-electron chi connectivity index (χ1n) is 5.45. The average Bonchev–Trinajstić information content (AvgIpc) is 2.81. The van der Waals surface area contributed by atoms with Gasteiger partial charge in [0.25, 0.3) is 5.56 Å². The molecule has 0 aliphatic carbocycles. The van der Waals surface area contributed by atoms with Crippen molar-refractivity contribution in [3.8, 4) is 0 Å². The van der Waals surface area contributed by atoms with E-state index in [1.54, 1.807) is 12.1 Å². The number of H-pyrrole nitrogens is 2. The number of anilines is 1. The van der Waals surface area contributed by atoms with Gasteiger partial charge in [-0.2, -0.15) is 4.98 Å². The van der Waals surface area contributed by atoms with Gasteiger partial charge in [-0.3, -0.25) is 9.78 Å². The van der Waals surface area contributed by atoms with Crippen LogP contribution in [-0.4, -0.2) is 19.9 Å². The van der Waals surface area contributed by atoms with Gasteiger partial charge in [-0.1, -0.05) is 18.2 Å². The number of hydrogen-bond acceptors (Lipinski definition) is 6. The Balaban J connectivity index is 2.01. The summed E-state index contributed by atoms with van der Waals surface area (Å²) in [7, 11) is 0. The smallest absolute Gasteiger partial charge is 0.280 e. The molecule has 19 heavy (non-hydrogen) atoms. The second kappa shape index (κ2) is 4.33. The third-order valence-electron chi connectivity index (χ3n) is 2.38. The lowest BCUT2D eigenvalue weighted by atomic mass is 10.3. The van der Waals surface area contributed by atoms with E-state index in [4.69, 9.17) is 5.73 Å². The van der Waals surface area contributed by atoms with Gasteiger partial charge in [-0.05, 0) is 12.1 Å². The summed E-state index contributed by atoms with van der Waals surface area (Å²) in [6.45, 7) is 0. The Bertz CT molecular complexity index is 803. The van der Waals surface area contributed by atoms with Gasteiger partial charge in [0, 0.05) is 0 Å². The molecule has 3 rings (SSSR count). The molecule has 0 bridgehead atoms. The molecule has 0 fully saturated rings. The van der Waals surface area contributed by atoms with Gasteiger partial charge in [0.05, 0.1) is 5.69 Å². The molecule has 8 nitrogen and oxygen atoms in total. The Morgan fingerprint density at radius 1 is 1.05 bits per heavy atom. The molecule has 0 radical (unpaired) electrons. The standard InChI is InChI=1S/C11H9N7O/c12-10-14-8-7(9(19)16-10)13-11(15-8)18-17-6-4-2-1-3-5-6/h1-5H,(H4,12,13,14,15,16,19)/b18-17+. The molecule has 4 N–H and O–H groups in total. The highest BCUT2D eigenvalue weighted by atomic mass is 16.1. The first kappa shape index (κ1) is 11.1. The van der Waals surface area contributed by atoms with E-state index in [0.717, 1.165) is 0 Å². The van der Waals surface area contributed by atoms with Crippen LogP contribution in [0.25, 0.3) is 11.2 Å². The lowest BCUT2D eigenvalue weighted by Crippen LogP contribution is -2.10. The summed E-state index contributed by atoms with van der Waals surface area (Å²) in [5, 5.41) is 7.89. The van der Waals surface area contributed by atoms with Crippen LogP contribution in [0, 0.1) is 0 Å². The minimum absolute atomic E-state index is 0.0210. The van der Waals surface area contributed by atoms with Gasteiger partial charge < -0.3 is 10.7 Å². The Morgan fingerprint density at radius 2 is 1.84 bits per heavy atom.